The van der Waals surface area contributed by atoms with Crippen molar-refractivity contribution in [2.24, 2.45) is 0 Å². The molecular weight excluding hydrogens is 271 g/mol. The fourth-order valence-corrected chi connectivity index (χ4v) is 2.40. The second kappa shape index (κ2) is 4.31. The van der Waals surface area contributed by atoms with E-state index in [0.717, 1.165) is 11.2 Å². The Hall–Kier alpha value is -2.89. The summed E-state index contributed by atoms with van der Waals surface area (Å²) < 4.78 is 20.1. The van der Waals surface area contributed by atoms with Crippen LogP contribution < -0.4 is 4.74 Å². The Morgan fingerprint density at radius 3 is 2.95 bits per heavy atom. The van der Waals surface area contributed by atoms with Gasteiger partial charge in [-0.05, 0) is 31.2 Å². The van der Waals surface area contributed by atoms with E-state index in [9.17, 15) is 4.39 Å². The molecule has 0 bridgehead atoms. The third-order valence-corrected chi connectivity index (χ3v) is 3.36. The molecule has 0 atom stereocenters. The van der Waals surface area contributed by atoms with E-state index >= 15 is 0 Å². The normalized spacial score (nSPS) is 11.3. The predicted molar refractivity (Wildman–Crippen MR) is 77.0 cm³/mol. The van der Waals surface area contributed by atoms with Crippen LogP contribution in [0, 0.1) is 12.7 Å². The lowest BCUT2D eigenvalue weighted by Crippen LogP contribution is -1.93. The standard InChI is InChI=1S/C15H11FN4O/c1-8-6-10-11(20-8)2-3-12(13(10)16)21-15-9-4-5-17-14(9)18-7-19-15/h2-7,20H,1H3,(H,17,18,19). The summed E-state index contributed by atoms with van der Waals surface area (Å²) >= 11 is 0. The van der Waals surface area contributed by atoms with Crippen LogP contribution in [0.5, 0.6) is 11.6 Å². The Balaban J connectivity index is 1.84. The molecule has 0 amide bonds. The van der Waals surface area contributed by atoms with E-state index in [1.807, 2.05) is 6.92 Å². The highest BCUT2D eigenvalue weighted by atomic mass is 19.1. The van der Waals surface area contributed by atoms with Crippen LogP contribution in [0.25, 0.3) is 21.9 Å². The smallest absolute Gasteiger partial charge is 0.231 e. The quantitative estimate of drug-likeness (QED) is 0.589. The van der Waals surface area contributed by atoms with Gasteiger partial charge in [-0.1, -0.05) is 0 Å². The molecule has 0 fully saturated rings. The zero-order chi connectivity index (χ0) is 14.4. The number of halogens is 1. The van der Waals surface area contributed by atoms with Gasteiger partial charge in [0.1, 0.15) is 12.0 Å². The van der Waals surface area contributed by atoms with Crippen LogP contribution in [0.2, 0.25) is 0 Å². The molecule has 0 aliphatic rings. The third kappa shape index (κ3) is 1.84. The largest absolute Gasteiger partial charge is 0.435 e. The summed E-state index contributed by atoms with van der Waals surface area (Å²) in [6.45, 7) is 1.88. The number of rotatable bonds is 2. The molecule has 4 rings (SSSR count). The van der Waals surface area contributed by atoms with Gasteiger partial charge >= 0.3 is 0 Å². The summed E-state index contributed by atoms with van der Waals surface area (Å²) in [5.41, 5.74) is 2.29. The molecule has 0 aliphatic heterocycles. The molecule has 5 nitrogen and oxygen atoms in total. The molecule has 1 aromatic carbocycles. The highest BCUT2D eigenvalue weighted by molar-refractivity contribution is 5.84. The number of hydrogen-bond donors (Lipinski definition) is 2. The van der Waals surface area contributed by atoms with Crippen molar-refractivity contribution in [3.8, 4) is 11.6 Å². The number of aromatic amines is 2. The SMILES string of the molecule is Cc1cc2c(F)c(Oc3ncnc4[nH]ccc34)ccc2[nH]1. The van der Waals surface area contributed by atoms with Gasteiger partial charge < -0.3 is 14.7 Å². The maximum atomic E-state index is 14.5. The van der Waals surface area contributed by atoms with Gasteiger partial charge in [-0.25, -0.2) is 14.4 Å². The highest BCUT2D eigenvalue weighted by Gasteiger charge is 2.13. The maximum Gasteiger partial charge on any atom is 0.231 e. The van der Waals surface area contributed by atoms with Crippen molar-refractivity contribution >= 4 is 21.9 Å². The molecule has 104 valence electrons. The van der Waals surface area contributed by atoms with Crippen LogP contribution in [-0.2, 0) is 0 Å². The van der Waals surface area contributed by atoms with E-state index in [1.54, 1.807) is 30.5 Å². The van der Waals surface area contributed by atoms with E-state index in [0.29, 0.717) is 22.3 Å². The molecule has 21 heavy (non-hydrogen) atoms. The van der Waals surface area contributed by atoms with Gasteiger partial charge in [0.05, 0.1) is 5.39 Å². The van der Waals surface area contributed by atoms with Crippen molar-refractivity contribution in [2.45, 2.75) is 6.92 Å². The van der Waals surface area contributed by atoms with Gasteiger partial charge in [0.15, 0.2) is 11.6 Å². The van der Waals surface area contributed by atoms with Gasteiger partial charge in [-0.15, -0.1) is 0 Å². The number of aryl methyl sites for hydroxylation is 1. The number of nitrogens with one attached hydrogen (secondary N) is 2. The number of fused-ring (bicyclic) bond motifs is 2. The molecule has 0 radical (unpaired) electrons. The number of benzene rings is 1. The van der Waals surface area contributed by atoms with Crippen molar-refractivity contribution in [3.63, 3.8) is 0 Å². The van der Waals surface area contributed by atoms with E-state index in [2.05, 4.69) is 19.9 Å². The first-order chi connectivity index (χ1) is 10.2. The Morgan fingerprint density at radius 2 is 2.05 bits per heavy atom. The molecule has 6 heteroatoms. The molecule has 3 heterocycles. The molecule has 0 unspecified atom stereocenters. The first-order valence-corrected chi connectivity index (χ1v) is 6.46. The lowest BCUT2D eigenvalue weighted by Gasteiger charge is -2.07. The second-order valence-corrected chi connectivity index (χ2v) is 4.81. The number of H-pyrrole nitrogens is 2. The van der Waals surface area contributed by atoms with Gasteiger partial charge in [0.2, 0.25) is 5.88 Å². The first kappa shape index (κ1) is 11.9. The minimum absolute atomic E-state index is 0.141. The van der Waals surface area contributed by atoms with Crippen LogP contribution in [0.15, 0.2) is 36.8 Å². The average molecular weight is 282 g/mol. The minimum atomic E-state index is -0.404. The zero-order valence-electron chi connectivity index (χ0n) is 11.1. The molecule has 2 N–H and O–H groups in total. The van der Waals surface area contributed by atoms with E-state index in [4.69, 9.17) is 4.74 Å². The predicted octanol–water partition coefficient (Wildman–Crippen LogP) is 3.68. The molecule has 0 saturated heterocycles. The summed E-state index contributed by atoms with van der Waals surface area (Å²) in [6, 6.07) is 6.93. The number of hydrogen-bond acceptors (Lipinski definition) is 3. The van der Waals surface area contributed by atoms with Gasteiger partial charge in [-0.2, -0.15) is 0 Å². The fraction of sp³-hybridized carbons (Fsp3) is 0.0667. The van der Waals surface area contributed by atoms with Crippen LogP contribution in [0.4, 0.5) is 4.39 Å². The Morgan fingerprint density at radius 1 is 1.14 bits per heavy atom. The first-order valence-electron chi connectivity index (χ1n) is 6.46. The molecule has 4 aromatic rings. The minimum Gasteiger partial charge on any atom is -0.435 e. The van der Waals surface area contributed by atoms with E-state index in [1.165, 1.54) is 6.33 Å². The summed E-state index contributed by atoms with van der Waals surface area (Å²) in [4.78, 5) is 14.2. The van der Waals surface area contributed by atoms with Crippen molar-refractivity contribution < 1.29 is 9.13 Å². The summed E-state index contributed by atoms with van der Waals surface area (Å²) in [5.74, 6) is 0.0635. The Labute approximate surface area is 118 Å². The highest BCUT2D eigenvalue weighted by Crippen LogP contribution is 2.31. The van der Waals surface area contributed by atoms with Crippen LogP contribution in [0.1, 0.15) is 5.69 Å². The van der Waals surface area contributed by atoms with Crippen LogP contribution in [0.3, 0.4) is 0 Å². The number of ether oxygens (including phenoxy) is 1. The lowest BCUT2D eigenvalue weighted by molar-refractivity contribution is 0.435. The summed E-state index contributed by atoms with van der Waals surface area (Å²) in [5, 5.41) is 1.21. The van der Waals surface area contributed by atoms with Crippen LogP contribution in [-0.4, -0.2) is 19.9 Å². The van der Waals surface area contributed by atoms with Crippen molar-refractivity contribution in [1.82, 2.24) is 19.9 Å². The molecule has 3 aromatic heterocycles. The zero-order valence-corrected chi connectivity index (χ0v) is 11.1. The maximum absolute atomic E-state index is 14.5. The molecule has 0 saturated carbocycles. The number of nitrogens with zero attached hydrogens (tertiary/aromatic N) is 2. The second-order valence-electron chi connectivity index (χ2n) is 4.81. The summed E-state index contributed by atoms with van der Waals surface area (Å²) in [6.07, 6.45) is 3.12. The molecule has 0 spiro atoms. The third-order valence-electron chi connectivity index (χ3n) is 3.36. The lowest BCUT2D eigenvalue weighted by atomic mass is 10.2. The summed E-state index contributed by atoms with van der Waals surface area (Å²) in [7, 11) is 0. The van der Waals surface area contributed by atoms with E-state index in [-0.39, 0.29) is 5.75 Å². The monoisotopic (exact) mass is 282 g/mol. The van der Waals surface area contributed by atoms with Crippen molar-refractivity contribution in [1.29, 1.82) is 0 Å². The number of aromatic nitrogens is 4. The van der Waals surface area contributed by atoms with Crippen LogP contribution >= 0.6 is 0 Å². The van der Waals surface area contributed by atoms with Gasteiger partial charge in [0.25, 0.3) is 0 Å². The molecular formula is C15H11FN4O. The van der Waals surface area contributed by atoms with Crippen molar-refractivity contribution in [2.75, 3.05) is 0 Å². The molecule has 0 aliphatic carbocycles. The Kier molecular flexibility index (Phi) is 2.44. The van der Waals surface area contributed by atoms with E-state index < -0.39 is 5.82 Å². The van der Waals surface area contributed by atoms with Gasteiger partial charge in [0, 0.05) is 22.8 Å². The fourth-order valence-electron chi connectivity index (χ4n) is 2.40. The topological polar surface area (TPSA) is 66.6 Å². The average Bonchev–Trinajstić information content (AvgIpc) is 3.08. The Bertz CT molecular complexity index is 957. The van der Waals surface area contributed by atoms with Crippen molar-refractivity contribution in [3.05, 3.63) is 48.3 Å². The van der Waals surface area contributed by atoms with Gasteiger partial charge in [-0.3, -0.25) is 0 Å².